The molecule has 0 saturated heterocycles. The molecule has 9 heteroatoms. The highest BCUT2D eigenvalue weighted by molar-refractivity contribution is 6.30. The van der Waals surface area contributed by atoms with Gasteiger partial charge in [0, 0.05) is 42.5 Å². The molecule has 0 unspecified atom stereocenters. The normalized spacial score (nSPS) is 10.8. The third kappa shape index (κ3) is 3.36. The van der Waals surface area contributed by atoms with Crippen molar-refractivity contribution in [3.05, 3.63) is 69.5 Å². The Morgan fingerprint density at radius 3 is 2.77 bits per heavy atom. The Kier molecular flexibility index (Phi) is 4.90. The average Bonchev–Trinajstić information content (AvgIpc) is 3.20. The van der Waals surface area contributed by atoms with Crippen LogP contribution < -0.4 is 15.8 Å². The molecule has 0 amide bonds. The summed E-state index contributed by atoms with van der Waals surface area (Å²) in [6.07, 6.45) is 3.18. The predicted molar refractivity (Wildman–Crippen MR) is 116 cm³/mol. The number of rotatable bonds is 4. The van der Waals surface area contributed by atoms with Crippen molar-refractivity contribution in [2.45, 2.75) is 0 Å². The lowest BCUT2D eigenvalue weighted by Crippen LogP contribution is -2.20. The van der Waals surface area contributed by atoms with Crippen molar-refractivity contribution >= 4 is 39.8 Å². The molecule has 4 aromatic rings. The molecule has 0 atom stereocenters. The van der Waals surface area contributed by atoms with E-state index in [0.29, 0.717) is 38.8 Å². The Labute approximate surface area is 175 Å². The van der Waals surface area contributed by atoms with Gasteiger partial charge >= 0.3 is 0 Å². The van der Waals surface area contributed by atoms with E-state index in [1.54, 1.807) is 37.3 Å². The number of H-pyrrole nitrogens is 2. The highest BCUT2D eigenvalue weighted by Crippen LogP contribution is 2.34. The summed E-state index contributed by atoms with van der Waals surface area (Å²) in [5.74, 6) is -0.0984. The lowest BCUT2D eigenvalue weighted by molar-refractivity contribution is 0.631. The fourth-order valence-electron chi connectivity index (χ4n) is 3.23. The molecule has 0 fully saturated rings. The first-order valence-electron chi connectivity index (χ1n) is 8.92. The lowest BCUT2D eigenvalue weighted by atomic mass is 10.1. The van der Waals surface area contributed by atoms with Gasteiger partial charge < -0.3 is 20.2 Å². The van der Waals surface area contributed by atoms with Gasteiger partial charge in [-0.1, -0.05) is 11.6 Å². The van der Waals surface area contributed by atoms with Gasteiger partial charge in [-0.15, -0.1) is 0 Å². The zero-order chi connectivity index (χ0) is 21.4. The van der Waals surface area contributed by atoms with E-state index in [4.69, 9.17) is 11.6 Å². The third-order valence-corrected chi connectivity index (χ3v) is 4.89. The molecule has 0 saturated carbocycles. The Morgan fingerprint density at radius 1 is 1.23 bits per heavy atom. The van der Waals surface area contributed by atoms with Crippen molar-refractivity contribution in [2.75, 3.05) is 24.3 Å². The number of nitrogens with one attached hydrogen (secondary N) is 3. The maximum absolute atomic E-state index is 14.4. The van der Waals surface area contributed by atoms with Gasteiger partial charge in [0.05, 0.1) is 22.5 Å². The van der Waals surface area contributed by atoms with E-state index in [2.05, 4.69) is 26.3 Å². The van der Waals surface area contributed by atoms with Crippen molar-refractivity contribution < 1.29 is 4.39 Å². The predicted octanol–water partition coefficient (Wildman–Crippen LogP) is 4.39. The Balaban J connectivity index is 1.94. The molecule has 3 aromatic heterocycles. The number of hydrogen-bond donors (Lipinski definition) is 3. The zero-order valence-corrected chi connectivity index (χ0v) is 16.8. The summed E-state index contributed by atoms with van der Waals surface area (Å²) < 4.78 is 14.4. The summed E-state index contributed by atoms with van der Waals surface area (Å²) in [5, 5.41) is 13.8. The first kappa shape index (κ1) is 19.5. The molecule has 3 N–H and O–H groups in total. The summed E-state index contributed by atoms with van der Waals surface area (Å²) >= 11 is 6.01. The topological polar surface area (TPSA) is 101 Å². The van der Waals surface area contributed by atoms with Crippen LogP contribution >= 0.6 is 11.6 Å². The van der Waals surface area contributed by atoms with Crippen LogP contribution in [0.5, 0.6) is 0 Å². The number of anilines is 3. The first-order chi connectivity index (χ1) is 14.4. The number of benzene rings is 1. The molecule has 7 nitrogen and oxygen atoms in total. The van der Waals surface area contributed by atoms with Gasteiger partial charge in [0.15, 0.2) is 0 Å². The van der Waals surface area contributed by atoms with Crippen LogP contribution in [-0.2, 0) is 0 Å². The number of hydrogen-bond acceptors (Lipinski definition) is 5. The van der Waals surface area contributed by atoms with E-state index >= 15 is 0 Å². The van der Waals surface area contributed by atoms with Crippen LogP contribution in [0.25, 0.3) is 22.2 Å². The maximum Gasteiger partial charge on any atom is 0.257 e. The molecule has 0 aliphatic heterocycles. The number of halogens is 2. The third-order valence-electron chi connectivity index (χ3n) is 4.65. The summed E-state index contributed by atoms with van der Waals surface area (Å²) in [5.41, 5.74) is 1.67. The Hall–Kier alpha value is -3.83. The molecular weight excluding hydrogens is 407 g/mol. The zero-order valence-electron chi connectivity index (χ0n) is 16.0. The second-order valence-electron chi connectivity index (χ2n) is 6.82. The van der Waals surface area contributed by atoms with E-state index in [1.165, 1.54) is 24.4 Å². The molecule has 0 aliphatic rings. The van der Waals surface area contributed by atoms with Gasteiger partial charge in [0.1, 0.15) is 23.4 Å². The molecule has 30 heavy (non-hydrogen) atoms. The average molecular weight is 423 g/mol. The van der Waals surface area contributed by atoms with E-state index in [9.17, 15) is 14.4 Å². The SMILES string of the molecule is CN(C)c1[nH]c(=O)c(-c2cc(Cl)ccc2F)cc1Nc1c(C#N)cnc2[nH]ccc12. The molecular formula is C21H16ClFN6O. The highest BCUT2D eigenvalue weighted by atomic mass is 35.5. The van der Waals surface area contributed by atoms with E-state index < -0.39 is 11.4 Å². The minimum atomic E-state index is -0.567. The molecule has 150 valence electrons. The van der Waals surface area contributed by atoms with Gasteiger partial charge in [0.25, 0.3) is 5.56 Å². The smallest absolute Gasteiger partial charge is 0.257 e. The number of nitriles is 1. The fourth-order valence-corrected chi connectivity index (χ4v) is 3.41. The quantitative estimate of drug-likeness (QED) is 0.452. The van der Waals surface area contributed by atoms with Crippen molar-refractivity contribution in [2.24, 2.45) is 0 Å². The largest absolute Gasteiger partial charge is 0.362 e. The van der Waals surface area contributed by atoms with Crippen molar-refractivity contribution in [3.63, 3.8) is 0 Å². The molecule has 3 heterocycles. The standard InChI is InChI=1S/C21H16ClFN6O/c1-29(2)20-17(27-18-11(9-24)10-26-19-13(18)5-6-25-19)8-15(21(30)28-20)14-7-12(22)3-4-16(14)23/h3-8,10H,1-2H3,(H,28,30)(H2,25,26,27). The number of nitrogens with zero attached hydrogens (tertiary/aromatic N) is 3. The van der Waals surface area contributed by atoms with Crippen LogP contribution in [-0.4, -0.2) is 29.0 Å². The molecule has 0 aliphatic carbocycles. The van der Waals surface area contributed by atoms with E-state index in [-0.39, 0.29) is 11.1 Å². The second kappa shape index (κ2) is 7.54. The van der Waals surface area contributed by atoms with Crippen molar-refractivity contribution in [1.82, 2.24) is 15.0 Å². The minimum absolute atomic E-state index is 0.0825. The fraction of sp³-hybridized carbons (Fsp3) is 0.0952. The van der Waals surface area contributed by atoms with E-state index in [1.807, 2.05) is 0 Å². The molecule has 0 radical (unpaired) electrons. The monoisotopic (exact) mass is 422 g/mol. The maximum atomic E-state index is 14.4. The summed E-state index contributed by atoms with van der Waals surface area (Å²) in [4.78, 5) is 24.4. The highest BCUT2D eigenvalue weighted by Gasteiger charge is 2.18. The lowest BCUT2D eigenvalue weighted by Gasteiger charge is -2.20. The number of pyridine rings is 2. The molecule has 1 aromatic carbocycles. The molecule has 4 rings (SSSR count). The van der Waals surface area contributed by atoms with Gasteiger partial charge in [0.2, 0.25) is 0 Å². The number of fused-ring (bicyclic) bond motifs is 1. The molecule has 0 bridgehead atoms. The Morgan fingerprint density at radius 2 is 2.03 bits per heavy atom. The Bertz CT molecular complexity index is 1370. The van der Waals surface area contributed by atoms with Crippen molar-refractivity contribution in [1.29, 1.82) is 5.26 Å². The van der Waals surface area contributed by atoms with Crippen LogP contribution in [0.3, 0.4) is 0 Å². The van der Waals surface area contributed by atoms with Gasteiger partial charge in [-0.2, -0.15) is 5.26 Å². The summed E-state index contributed by atoms with van der Waals surface area (Å²) in [6.45, 7) is 0. The van der Waals surface area contributed by atoms with Crippen LogP contribution in [0.15, 0.2) is 47.5 Å². The number of aromatic nitrogens is 3. The van der Waals surface area contributed by atoms with Crippen LogP contribution in [0.1, 0.15) is 5.56 Å². The van der Waals surface area contributed by atoms with E-state index in [0.717, 1.165) is 0 Å². The molecule has 0 spiro atoms. The number of aromatic amines is 2. The van der Waals surface area contributed by atoms with Crippen LogP contribution in [0, 0.1) is 17.1 Å². The van der Waals surface area contributed by atoms with Gasteiger partial charge in [-0.25, -0.2) is 9.37 Å². The minimum Gasteiger partial charge on any atom is -0.362 e. The summed E-state index contributed by atoms with van der Waals surface area (Å²) in [7, 11) is 3.53. The summed E-state index contributed by atoms with van der Waals surface area (Å²) in [6, 6.07) is 9.49. The second-order valence-corrected chi connectivity index (χ2v) is 7.25. The van der Waals surface area contributed by atoms with Gasteiger partial charge in [-0.05, 0) is 30.3 Å². The van der Waals surface area contributed by atoms with Crippen LogP contribution in [0.2, 0.25) is 5.02 Å². The van der Waals surface area contributed by atoms with Gasteiger partial charge in [-0.3, -0.25) is 4.79 Å². The van der Waals surface area contributed by atoms with Crippen molar-refractivity contribution in [3.8, 4) is 17.2 Å². The van der Waals surface area contributed by atoms with Crippen LogP contribution in [0.4, 0.5) is 21.6 Å². The first-order valence-corrected chi connectivity index (χ1v) is 9.30.